The minimum atomic E-state index is -0.604. The van der Waals surface area contributed by atoms with Crippen molar-refractivity contribution < 1.29 is 19.1 Å². The number of hydrogen-bond donors (Lipinski definition) is 0. The molecule has 2 amide bonds. The molecule has 1 unspecified atom stereocenters. The normalized spacial score (nSPS) is 17.5. The third-order valence-electron chi connectivity index (χ3n) is 3.47. The fourth-order valence-corrected chi connectivity index (χ4v) is 3.27. The topological polar surface area (TPSA) is 59.1 Å². The quantitative estimate of drug-likeness (QED) is 0.611. The van der Waals surface area contributed by atoms with Crippen molar-refractivity contribution in [2.24, 2.45) is 0 Å². The third-order valence-corrected chi connectivity index (χ3v) is 4.88. The molecule has 0 bridgehead atoms. The maximum Gasteiger partial charge on any atom is 0.434 e. The number of carbonyl (C=O) groups excluding carboxylic acids is 2. The molecule has 1 aromatic carbocycles. The summed E-state index contributed by atoms with van der Waals surface area (Å²) in [5, 5.41) is 2.60. The number of ether oxygens (including phenoxy) is 2. The Labute approximate surface area is 161 Å². The number of rotatable bonds is 3. The van der Waals surface area contributed by atoms with Gasteiger partial charge in [0.25, 0.3) is 0 Å². The predicted molar refractivity (Wildman–Crippen MR) is 104 cm³/mol. The number of carbonyl (C=O) groups is 2. The van der Waals surface area contributed by atoms with Crippen molar-refractivity contribution in [2.45, 2.75) is 52.9 Å². The molecule has 0 radical (unpaired) electrons. The molecule has 136 valence electrons. The number of benzene rings is 1. The average molecular weight is 458 g/mol. The largest absolute Gasteiger partial charge is 0.445 e. The molecule has 0 spiro atoms. The molecular formula is C18H23IN2O4. The Bertz CT molecular complexity index is 673. The van der Waals surface area contributed by atoms with Gasteiger partial charge in [-0.05, 0) is 57.2 Å². The van der Waals surface area contributed by atoms with E-state index in [9.17, 15) is 9.59 Å². The van der Waals surface area contributed by atoms with E-state index in [1.807, 2.05) is 37.3 Å². The number of hydrogen-bond acceptors (Lipinski definition) is 4. The first-order valence-corrected chi connectivity index (χ1v) is 9.27. The lowest BCUT2D eigenvalue weighted by molar-refractivity contribution is -0.00816. The summed E-state index contributed by atoms with van der Waals surface area (Å²) in [6, 6.07) is 9.13. The molecule has 2 rings (SSSR count). The van der Waals surface area contributed by atoms with Crippen molar-refractivity contribution in [3.8, 4) is 0 Å². The van der Waals surface area contributed by atoms with Crippen LogP contribution in [0.5, 0.6) is 0 Å². The zero-order chi connectivity index (χ0) is 18.7. The molecule has 1 atom stereocenters. The molecule has 1 heterocycles. The molecular weight excluding hydrogens is 435 g/mol. The molecule has 1 aromatic rings. The van der Waals surface area contributed by atoms with Crippen molar-refractivity contribution in [1.29, 1.82) is 0 Å². The van der Waals surface area contributed by atoms with Crippen molar-refractivity contribution in [3.05, 3.63) is 39.5 Å². The van der Waals surface area contributed by atoms with E-state index < -0.39 is 12.2 Å². The van der Waals surface area contributed by atoms with E-state index in [1.54, 1.807) is 27.7 Å². The van der Waals surface area contributed by atoms with Gasteiger partial charge >= 0.3 is 12.2 Å². The van der Waals surface area contributed by atoms with Crippen LogP contribution in [0.2, 0.25) is 0 Å². The Kier molecular flexibility index (Phi) is 6.31. The molecule has 1 aliphatic rings. The van der Waals surface area contributed by atoms with Gasteiger partial charge in [0.05, 0.1) is 23.9 Å². The first-order valence-electron chi connectivity index (χ1n) is 8.19. The highest BCUT2D eigenvalue weighted by molar-refractivity contribution is 14.1. The van der Waals surface area contributed by atoms with E-state index in [2.05, 4.69) is 22.6 Å². The van der Waals surface area contributed by atoms with Crippen LogP contribution in [0.4, 0.5) is 9.59 Å². The minimum absolute atomic E-state index is 0.291. The molecule has 0 aliphatic carbocycles. The van der Waals surface area contributed by atoms with E-state index in [0.717, 1.165) is 9.14 Å². The summed E-state index contributed by atoms with van der Waals surface area (Å²) >= 11 is 2.17. The molecule has 1 aliphatic heterocycles. The van der Waals surface area contributed by atoms with Crippen molar-refractivity contribution in [1.82, 2.24) is 10.0 Å². The average Bonchev–Trinajstić information content (AvgIpc) is 2.79. The summed E-state index contributed by atoms with van der Waals surface area (Å²) in [6.07, 6.45) is -1.78. The maximum atomic E-state index is 12.7. The summed E-state index contributed by atoms with van der Waals surface area (Å²) in [7, 11) is 0. The van der Waals surface area contributed by atoms with Crippen LogP contribution in [0.15, 0.2) is 33.9 Å². The number of nitrogens with zero attached hydrogens (tertiary/aromatic N) is 2. The zero-order valence-electron chi connectivity index (χ0n) is 15.0. The van der Waals surface area contributed by atoms with Gasteiger partial charge in [-0.1, -0.05) is 30.3 Å². The fourth-order valence-electron chi connectivity index (χ4n) is 2.47. The van der Waals surface area contributed by atoms with Crippen molar-refractivity contribution in [2.75, 3.05) is 0 Å². The summed E-state index contributed by atoms with van der Waals surface area (Å²) in [5.41, 5.74) is 1.47. The lowest BCUT2D eigenvalue weighted by Crippen LogP contribution is -2.49. The summed E-state index contributed by atoms with van der Waals surface area (Å²) in [6.45, 7) is 8.93. The first-order chi connectivity index (χ1) is 11.7. The Morgan fingerprint density at radius 3 is 2.04 bits per heavy atom. The van der Waals surface area contributed by atoms with E-state index >= 15 is 0 Å². The lowest BCUT2D eigenvalue weighted by Gasteiger charge is -2.32. The summed E-state index contributed by atoms with van der Waals surface area (Å²) < 4.78 is 11.6. The van der Waals surface area contributed by atoms with Gasteiger partial charge in [0.1, 0.15) is 0 Å². The SMILES string of the molecule is CC(C)OC(=O)N1C(c2ccccc2)=C(I)C(C)N1C(=O)OC(C)C. The smallest absolute Gasteiger partial charge is 0.434 e. The van der Waals surface area contributed by atoms with Crippen molar-refractivity contribution in [3.63, 3.8) is 0 Å². The van der Waals surface area contributed by atoms with Crippen LogP contribution in [-0.4, -0.2) is 40.5 Å². The monoisotopic (exact) mass is 458 g/mol. The van der Waals surface area contributed by atoms with Gasteiger partial charge in [0.15, 0.2) is 0 Å². The van der Waals surface area contributed by atoms with Crippen LogP contribution in [0.3, 0.4) is 0 Å². The van der Waals surface area contributed by atoms with Gasteiger partial charge in [-0.15, -0.1) is 0 Å². The van der Waals surface area contributed by atoms with E-state index in [-0.39, 0.29) is 18.2 Å². The zero-order valence-corrected chi connectivity index (χ0v) is 17.2. The van der Waals surface area contributed by atoms with Gasteiger partial charge in [0.2, 0.25) is 0 Å². The molecule has 0 fully saturated rings. The molecule has 6 nitrogen and oxygen atoms in total. The molecule has 0 saturated carbocycles. The van der Waals surface area contributed by atoms with Gasteiger partial charge in [0, 0.05) is 9.14 Å². The van der Waals surface area contributed by atoms with E-state index in [1.165, 1.54) is 10.0 Å². The standard InChI is InChI=1S/C18H23IN2O4/c1-11(2)24-17(22)20-13(5)15(19)16(14-9-7-6-8-10-14)21(20)18(23)25-12(3)4/h6-13H,1-5H3. The molecule has 25 heavy (non-hydrogen) atoms. The molecule has 7 heteroatoms. The first kappa shape index (κ1) is 19.6. The van der Waals surface area contributed by atoms with Crippen LogP contribution in [-0.2, 0) is 9.47 Å². The highest BCUT2D eigenvalue weighted by atomic mass is 127. The maximum absolute atomic E-state index is 12.7. The second kappa shape index (κ2) is 8.07. The number of hydrazine groups is 1. The van der Waals surface area contributed by atoms with Gasteiger partial charge in [-0.3, -0.25) is 0 Å². The summed E-state index contributed by atoms with van der Waals surface area (Å²) in [5.74, 6) is 0. The van der Waals surface area contributed by atoms with Crippen LogP contribution in [0, 0.1) is 0 Å². The number of amides is 2. The lowest BCUT2D eigenvalue weighted by atomic mass is 10.1. The van der Waals surface area contributed by atoms with Gasteiger partial charge < -0.3 is 9.47 Å². The number of halogens is 1. The minimum Gasteiger partial charge on any atom is -0.445 e. The molecule has 0 N–H and O–H groups in total. The highest BCUT2D eigenvalue weighted by Gasteiger charge is 2.44. The van der Waals surface area contributed by atoms with Gasteiger partial charge in [-0.25, -0.2) is 14.6 Å². The van der Waals surface area contributed by atoms with Crippen LogP contribution in [0.25, 0.3) is 5.70 Å². The Balaban J connectivity index is 2.48. The Hall–Kier alpha value is -1.77. The van der Waals surface area contributed by atoms with E-state index in [0.29, 0.717) is 5.70 Å². The second-order valence-corrected chi connectivity index (χ2v) is 7.42. The highest BCUT2D eigenvalue weighted by Crippen LogP contribution is 2.40. The Morgan fingerprint density at radius 2 is 1.52 bits per heavy atom. The van der Waals surface area contributed by atoms with Crippen molar-refractivity contribution >= 4 is 40.5 Å². The van der Waals surface area contributed by atoms with Crippen LogP contribution < -0.4 is 0 Å². The van der Waals surface area contributed by atoms with Gasteiger partial charge in [-0.2, -0.15) is 5.01 Å². The van der Waals surface area contributed by atoms with Crippen LogP contribution in [0.1, 0.15) is 40.2 Å². The fraction of sp³-hybridized carbons (Fsp3) is 0.444. The molecule has 0 saturated heterocycles. The Morgan fingerprint density at radius 1 is 1.00 bits per heavy atom. The summed E-state index contributed by atoms with van der Waals surface area (Å²) in [4.78, 5) is 25.4. The third kappa shape index (κ3) is 4.26. The van der Waals surface area contributed by atoms with Crippen LogP contribution >= 0.6 is 22.6 Å². The predicted octanol–water partition coefficient (Wildman–Crippen LogP) is 4.80. The van der Waals surface area contributed by atoms with E-state index in [4.69, 9.17) is 9.47 Å². The second-order valence-electron chi connectivity index (χ2n) is 6.26. The molecule has 0 aromatic heterocycles.